The summed E-state index contributed by atoms with van der Waals surface area (Å²) in [7, 11) is 0. The molecule has 0 saturated carbocycles. The lowest BCUT2D eigenvalue weighted by molar-refractivity contribution is -0.114. The predicted molar refractivity (Wildman–Crippen MR) is 89.0 cm³/mol. The van der Waals surface area contributed by atoms with Crippen LogP contribution in [0.3, 0.4) is 0 Å². The van der Waals surface area contributed by atoms with Crippen LogP contribution >= 0.6 is 0 Å². The van der Waals surface area contributed by atoms with Crippen LogP contribution in [0.4, 0.5) is 10.6 Å². The zero-order valence-electron chi connectivity index (χ0n) is 14.2. The van der Waals surface area contributed by atoms with E-state index in [9.17, 15) is 9.59 Å². The first-order valence-electron chi connectivity index (χ1n) is 7.38. The molecule has 0 saturated heterocycles. The van der Waals surface area contributed by atoms with Gasteiger partial charge in [-0.25, -0.2) is 9.78 Å². The summed E-state index contributed by atoms with van der Waals surface area (Å²) in [5.41, 5.74) is 1.02. The zero-order valence-corrected chi connectivity index (χ0v) is 14.2. The first-order valence-corrected chi connectivity index (χ1v) is 7.38. The topological polar surface area (TPSA) is 80.3 Å². The van der Waals surface area contributed by atoms with Gasteiger partial charge in [-0.15, -0.1) is 0 Å². The second kappa shape index (κ2) is 8.18. The Morgan fingerprint density at radius 3 is 2.57 bits per heavy atom. The van der Waals surface area contributed by atoms with E-state index in [1.54, 1.807) is 6.07 Å². The molecule has 6 heteroatoms. The Morgan fingerprint density at radius 1 is 1.30 bits per heavy atom. The molecular weight excluding hydrogens is 294 g/mol. The van der Waals surface area contributed by atoms with Crippen LogP contribution in [0.2, 0.25) is 0 Å². The van der Waals surface area contributed by atoms with Crippen LogP contribution in [0.1, 0.15) is 45.4 Å². The Kier molecular flexibility index (Phi) is 6.58. The van der Waals surface area contributed by atoms with Crippen LogP contribution < -0.4 is 10.6 Å². The number of carbonyl (C=O) groups excluding carboxylic acids is 2. The first kappa shape index (κ1) is 18.5. The van der Waals surface area contributed by atoms with E-state index in [-0.39, 0.29) is 5.91 Å². The van der Waals surface area contributed by atoms with Crippen LogP contribution in [-0.2, 0) is 9.53 Å². The number of hydrogen-bond donors (Lipinski definition) is 2. The lowest BCUT2D eigenvalue weighted by Crippen LogP contribution is -2.32. The third-order valence-electron chi connectivity index (χ3n) is 2.53. The Bertz CT molecular complexity index is 637. The standard InChI is InChI=1S/C17H23N3O3/c1-12-14(9-10-15(19-12)20-13(2)21)8-6-7-11-18-16(22)23-17(3,4)5/h9-10H,7,11H2,1-5H3,(H,18,22)(H,19,20,21). The highest BCUT2D eigenvalue weighted by Gasteiger charge is 2.15. The highest BCUT2D eigenvalue weighted by atomic mass is 16.6. The third-order valence-corrected chi connectivity index (χ3v) is 2.53. The molecule has 0 aromatic carbocycles. The second-order valence-electron chi connectivity index (χ2n) is 5.99. The third kappa shape index (κ3) is 7.86. The van der Waals surface area contributed by atoms with Crippen molar-refractivity contribution in [3.8, 4) is 11.8 Å². The number of nitrogens with one attached hydrogen (secondary N) is 2. The number of anilines is 1. The van der Waals surface area contributed by atoms with Gasteiger partial charge in [-0.2, -0.15) is 0 Å². The number of ether oxygens (including phenoxy) is 1. The maximum atomic E-state index is 11.4. The summed E-state index contributed by atoms with van der Waals surface area (Å²) >= 11 is 0. The number of rotatable bonds is 3. The van der Waals surface area contributed by atoms with Crippen molar-refractivity contribution in [2.75, 3.05) is 11.9 Å². The highest BCUT2D eigenvalue weighted by molar-refractivity contribution is 5.87. The van der Waals surface area contributed by atoms with Crippen LogP contribution in [0, 0.1) is 18.8 Å². The summed E-state index contributed by atoms with van der Waals surface area (Å²) in [6, 6.07) is 3.51. The van der Waals surface area contributed by atoms with Crippen molar-refractivity contribution in [3.05, 3.63) is 23.4 Å². The van der Waals surface area contributed by atoms with Gasteiger partial charge < -0.3 is 15.4 Å². The summed E-state index contributed by atoms with van der Waals surface area (Å²) in [4.78, 5) is 26.7. The maximum Gasteiger partial charge on any atom is 0.407 e. The van der Waals surface area contributed by atoms with Crippen molar-refractivity contribution < 1.29 is 14.3 Å². The molecule has 2 N–H and O–H groups in total. The number of nitrogens with zero attached hydrogens (tertiary/aromatic N) is 1. The predicted octanol–water partition coefficient (Wildman–Crippen LogP) is 2.61. The molecule has 0 bridgehead atoms. The van der Waals surface area contributed by atoms with Gasteiger partial charge in [0, 0.05) is 25.5 Å². The van der Waals surface area contributed by atoms with Crippen molar-refractivity contribution >= 4 is 17.8 Å². The molecule has 1 heterocycles. The number of carbonyl (C=O) groups is 2. The van der Waals surface area contributed by atoms with Crippen LogP contribution in [0.5, 0.6) is 0 Å². The fourth-order valence-electron chi connectivity index (χ4n) is 1.64. The molecule has 0 radical (unpaired) electrons. The molecule has 1 aromatic rings. The van der Waals surface area contributed by atoms with Crippen molar-refractivity contribution in [2.24, 2.45) is 0 Å². The van der Waals surface area contributed by atoms with E-state index >= 15 is 0 Å². The second-order valence-corrected chi connectivity index (χ2v) is 5.99. The van der Waals surface area contributed by atoms with E-state index in [2.05, 4.69) is 27.5 Å². The number of pyridine rings is 1. The number of amides is 2. The van der Waals surface area contributed by atoms with Crippen LogP contribution in [0.25, 0.3) is 0 Å². The van der Waals surface area contributed by atoms with Crippen molar-refractivity contribution in [3.63, 3.8) is 0 Å². The van der Waals surface area contributed by atoms with Crippen molar-refractivity contribution in [1.29, 1.82) is 0 Å². The molecule has 0 aliphatic carbocycles. The number of aromatic nitrogens is 1. The molecule has 0 atom stereocenters. The average Bonchev–Trinajstić information content (AvgIpc) is 2.37. The summed E-state index contributed by atoms with van der Waals surface area (Å²) in [6.07, 6.45) is 0.0587. The van der Waals surface area contributed by atoms with Crippen LogP contribution in [-0.4, -0.2) is 29.1 Å². The number of hydrogen-bond acceptors (Lipinski definition) is 4. The van der Waals surface area contributed by atoms with E-state index < -0.39 is 11.7 Å². The van der Waals surface area contributed by atoms with Gasteiger partial charge >= 0.3 is 6.09 Å². The number of aryl methyl sites for hydroxylation is 1. The summed E-state index contributed by atoms with van der Waals surface area (Å²) in [5, 5.41) is 5.26. The largest absolute Gasteiger partial charge is 0.444 e. The molecule has 0 aliphatic rings. The molecule has 0 fully saturated rings. The quantitative estimate of drug-likeness (QED) is 0.663. The molecule has 0 unspecified atom stereocenters. The lowest BCUT2D eigenvalue weighted by Gasteiger charge is -2.19. The van der Waals surface area contributed by atoms with Gasteiger partial charge in [-0.3, -0.25) is 4.79 Å². The number of alkyl carbamates (subject to hydrolysis) is 1. The normalized spacial score (nSPS) is 10.3. The Balaban J connectivity index is 2.48. The Labute approximate surface area is 137 Å². The van der Waals surface area contributed by atoms with Gasteiger partial charge in [-0.1, -0.05) is 11.8 Å². The molecule has 1 aromatic heterocycles. The first-order chi connectivity index (χ1) is 10.7. The molecule has 124 valence electrons. The smallest absolute Gasteiger partial charge is 0.407 e. The minimum Gasteiger partial charge on any atom is -0.444 e. The van der Waals surface area contributed by atoms with E-state index in [1.807, 2.05) is 33.8 Å². The monoisotopic (exact) mass is 317 g/mol. The Hall–Kier alpha value is -2.55. The van der Waals surface area contributed by atoms with Crippen LogP contribution in [0.15, 0.2) is 12.1 Å². The lowest BCUT2D eigenvalue weighted by atomic mass is 10.2. The Morgan fingerprint density at radius 2 is 2.00 bits per heavy atom. The van der Waals surface area contributed by atoms with Crippen molar-refractivity contribution in [1.82, 2.24) is 10.3 Å². The summed E-state index contributed by atoms with van der Waals surface area (Å²) in [6.45, 7) is 9.11. The van der Waals surface area contributed by atoms with E-state index in [0.29, 0.717) is 18.8 Å². The van der Waals surface area contributed by atoms with Gasteiger partial charge in [0.05, 0.1) is 5.69 Å². The summed E-state index contributed by atoms with van der Waals surface area (Å²) < 4.78 is 5.12. The summed E-state index contributed by atoms with van der Waals surface area (Å²) in [5.74, 6) is 6.32. The van der Waals surface area contributed by atoms with E-state index in [1.165, 1.54) is 6.92 Å². The highest BCUT2D eigenvalue weighted by Crippen LogP contribution is 2.09. The van der Waals surface area contributed by atoms with Crippen molar-refractivity contribution in [2.45, 2.75) is 46.6 Å². The minimum absolute atomic E-state index is 0.163. The molecule has 0 spiro atoms. The van der Waals surface area contributed by atoms with Gasteiger partial charge in [0.1, 0.15) is 11.4 Å². The SMILES string of the molecule is CC(=O)Nc1ccc(C#CCCNC(=O)OC(C)(C)C)c(C)n1. The molecule has 0 aliphatic heterocycles. The van der Waals surface area contributed by atoms with E-state index in [0.717, 1.165) is 11.3 Å². The molecule has 6 nitrogen and oxygen atoms in total. The average molecular weight is 317 g/mol. The van der Waals surface area contributed by atoms with E-state index in [4.69, 9.17) is 4.74 Å². The maximum absolute atomic E-state index is 11.4. The molecule has 23 heavy (non-hydrogen) atoms. The molecule has 1 rings (SSSR count). The van der Waals surface area contributed by atoms with Gasteiger partial charge in [0.25, 0.3) is 0 Å². The molecule has 2 amide bonds. The zero-order chi connectivity index (χ0) is 17.5. The fourth-order valence-corrected chi connectivity index (χ4v) is 1.64. The van der Waals surface area contributed by atoms with Gasteiger partial charge in [0.2, 0.25) is 5.91 Å². The minimum atomic E-state index is -0.506. The fraction of sp³-hybridized carbons (Fsp3) is 0.471. The van der Waals surface area contributed by atoms with Gasteiger partial charge in [0.15, 0.2) is 0 Å². The van der Waals surface area contributed by atoms with Gasteiger partial charge in [-0.05, 0) is 39.8 Å². The molecular formula is C17H23N3O3.